The number of rotatable bonds is 2. The van der Waals surface area contributed by atoms with E-state index in [1.165, 1.54) is 18.2 Å². The Balaban J connectivity index is 2.05. The number of nitrogens with one attached hydrogen (secondary N) is 1. The van der Waals surface area contributed by atoms with Gasteiger partial charge in [0, 0.05) is 12.5 Å². The van der Waals surface area contributed by atoms with Crippen LogP contribution in [0.5, 0.6) is 0 Å². The quantitative estimate of drug-likeness (QED) is 0.727. The molecule has 4 nitrogen and oxygen atoms in total. The zero-order valence-electron chi connectivity index (χ0n) is 7.62. The predicted octanol–water partition coefficient (Wildman–Crippen LogP) is 1.26. The Morgan fingerprint density at radius 1 is 1.54 bits per heavy atom. The normalized spacial score (nSPS) is 23.3. The van der Waals surface area contributed by atoms with Gasteiger partial charge in [-0.2, -0.15) is 0 Å². The largest absolute Gasteiger partial charge is 0.416 e. The molecule has 1 fully saturated rings. The van der Waals surface area contributed by atoms with Crippen LogP contribution in [0.3, 0.4) is 0 Å². The predicted molar refractivity (Wildman–Crippen MR) is 50.9 cm³/mol. The molecule has 13 heavy (non-hydrogen) atoms. The fourth-order valence-electron chi connectivity index (χ4n) is 1.53. The molecule has 0 bridgehead atoms. The van der Waals surface area contributed by atoms with E-state index in [4.69, 9.17) is 4.42 Å². The molecular formula is C8H13N3OS. The van der Waals surface area contributed by atoms with Crippen LogP contribution in [-0.2, 0) is 0 Å². The van der Waals surface area contributed by atoms with Crippen molar-refractivity contribution in [2.24, 2.45) is 0 Å². The summed E-state index contributed by atoms with van der Waals surface area (Å²) in [5.74, 6) is 1.21. The molecule has 2 heterocycles. The number of hydrogen-bond acceptors (Lipinski definition) is 5. The summed E-state index contributed by atoms with van der Waals surface area (Å²) in [6.45, 7) is 2.08. The van der Waals surface area contributed by atoms with Gasteiger partial charge in [-0.25, -0.2) is 0 Å². The van der Waals surface area contributed by atoms with Crippen molar-refractivity contribution in [2.45, 2.75) is 24.0 Å². The van der Waals surface area contributed by atoms with Crippen molar-refractivity contribution < 1.29 is 4.42 Å². The van der Waals surface area contributed by atoms with Gasteiger partial charge in [0.2, 0.25) is 5.89 Å². The van der Waals surface area contributed by atoms with Crippen LogP contribution in [0, 0.1) is 0 Å². The van der Waals surface area contributed by atoms with Gasteiger partial charge in [0.15, 0.2) is 0 Å². The average Bonchev–Trinajstić information content (AvgIpc) is 2.67. The molecule has 0 radical (unpaired) electrons. The second kappa shape index (κ2) is 4.11. The maximum atomic E-state index is 5.47. The van der Waals surface area contributed by atoms with Crippen molar-refractivity contribution in [1.29, 1.82) is 0 Å². The lowest BCUT2D eigenvalue weighted by atomic mass is 10.00. The third-order valence-electron chi connectivity index (χ3n) is 2.24. The van der Waals surface area contributed by atoms with Gasteiger partial charge in [-0.05, 0) is 25.6 Å². The Hall–Kier alpha value is -0.550. The molecule has 0 amide bonds. The Kier molecular flexibility index (Phi) is 2.85. The second-order valence-electron chi connectivity index (χ2n) is 3.15. The highest BCUT2D eigenvalue weighted by Gasteiger charge is 2.20. The van der Waals surface area contributed by atoms with Crippen molar-refractivity contribution >= 4 is 11.8 Å². The van der Waals surface area contributed by atoms with Gasteiger partial charge in [0.25, 0.3) is 5.22 Å². The Morgan fingerprint density at radius 3 is 3.08 bits per heavy atom. The second-order valence-corrected chi connectivity index (χ2v) is 3.91. The number of hydrogen-bond donors (Lipinski definition) is 1. The van der Waals surface area contributed by atoms with E-state index in [1.54, 1.807) is 0 Å². The number of nitrogens with zero attached hydrogens (tertiary/aromatic N) is 2. The molecule has 1 unspecified atom stereocenters. The molecule has 1 N–H and O–H groups in total. The highest BCUT2D eigenvalue weighted by atomic mass is 32.2. The number of piperidine rings is 1. The lowest BCUT2D eigenvalue weighted by Crippen LogP contribution is -2.28. The van der Waals surface area contributed by atoms with Gasteiger partial charge in [-0.15, -0.1) is 10.2 Å². The first-order valence-corrected chi connectivity index (χ1v) is 5.70. The fourth-order valence-corrected chi connectivity index (χ4v) is 1.82. The topological polar surface area (TPSA) is 51.0 Å². The molecule has 0 spiro atoms. The first-order valence-electron chi connectivity index (χ1n) is 4.48. The monoisotopic (exact) mass is 199 g/mol. The van der Waals surface area contributed by atoms with Crippen molar-refractivity contribution in [3.8, 4) is 0 Å². The standard InChI is InChI=1S/C8H13N3OS/c1-13-8-11-10-7(12-8)6-3-2-4-9-5-6/h6,9H,2-5H2,1H3. The first kappa shape index (κ1) is 9.02. The number of thioether (sulfide) groups is 1. The van der Waals surface area contributed by atoms with Crippen LogP contribution in [0.1, 0.15) is 24.7 Å². The van der Waals surface area contributed by atoms with E-state index in [2.05, 4.69) is 15.5 Å². The summed E-state index contributed by atoms with van der Waals surface area (Å²) in [5.41, 5.74) is 0. The molecule has 1 aliphatic heterocycles. The number of aromatic nitrogens is 2. The van der Waals surface area contributed by atoms with Crippen molar-refractivity contribution in [2.75, 3.05) is 19.3 Å². The van der Waals surface area contributed by atoms with Gasteiger partial charge in [-0.1, -0.05) is 11.8 Å². The van der Waals surface area contributed by atoms with Gasteiger partial charge in [0.05, 0.1) is 0 Å². The minimum atomic E-state index is 0.419. The Morgan fingerprint density at radius 2 is 2.46 bits per heavy atom. The van der Waals surface area contributed by atoms with E-state index < -0.39 is 0 Å². The zero-order valence-corrected chi connectivity index (χ0v) is 8.43. The fraction of sp³-hybridized carbons (Fsp3) is 0.750. The lowest BCUT2D eigenvalue weighted by Gasteiger charge is -2.18. The van der Waals surface area contributed by atoms with Crippen LogP contribution in [0.15, 0.2) is 9.64 Å². The molecule has 1 aliphatic rings. The SMILES string of the molecule is CSc1nnc(C2CCCNC2)o1. The van der Waals surface area contributed by atoms with E-state index in [1.807, 2.05) is 6.26 Å². The van der Waals surface area contributed by atoms with Gasteiger partial charge >= 0.3 is 0 Å². The van der Waals surface area contributed by atoms with E-state index in [0.29, 0.717) is 11.1 Å². The van der Waals surface area contributed by atoms with Gasteiger partial charge in [-0.3, -0.25) is 0 Å². The first-order chi connectivity index (χ1) is 6.40. The molecule has 0 aliphatic carbocycles. The molecule has 72 valence electrons. The molecule has 1 saturated heterocycles. The van der Waals surface area contributed by atoms with Crippen molar-refractivity contribution in [3.63, 3.8) is 0 Å². The minimum absolute atomic E-state index is 0.419. The van der Waals surface area contributed by atoms with Crippen molar-refractivity contribution in [3.05, 3.63) is 5.89 Å². The molecule has 1 atom stereocenters. The summed E-state index contributed by atoms with van der Waals surface area (Å²) in [6.07, 6.45) is 4.29. The highest BCUT2D eigenvalue weighted by Crippen LogP contribution is 2.23. The Labute approximate surface area is 81.5 Å². The van der Waals surface area contributed by atoms with Crippen LogP contribution < -0.4 is 5.32 Å². The van der Waals surface area contributed by atoms with E-state index in [0.717, 1.165) is 25.4 Å². The van der Waals surface area contributed by atoms with Crippen LogP contribution in [0.4, 0.5) is 0 Å². The van der Waals surface area contributed by atoms with E-state index in [-0.39, 0.29) is 0 Å². The molecule has 1 aromatic heterocycles. The van der Waals surface area contributed by atoms with Gasteiger partial charge < -0.3 is 9.73 Å². The zero-order chi connectivity index (χ0) is 9.10. The summed E-state index contributed by atoms with van der Waals surface area (Å²) in [7, 11) is 0. The smallest absolute Gasteiger partial charge is 0.276 e. The summed E-state index contributed by atoms with van der Waals surface area (Å²) in [5, 5.41) is 12.0. The summed E-state index contributed by atoms with van der Waals surface area (Å²) >= 11 is 1.49. The van der Waals surface area contributed by atoms with E-state index >= 15 is 0 Å². The minimum Gasteiger partial charge on any atom is -0.416 e. The Bertz CT molecular complexity index is 270. The highest BCUT2D eigenvalue weighted by molar-refractivity contribution is 7.98. The molecule has 2 rings (SSSR count). The van der Waals surface area contributed by atoms with Crippen LogP contribution >= 0.6 is 11.8 Å². The van der Waals surface area contributed by atoms with Gasteiger partial charge in [0.1, 0.15) is 0 Å². The molecule has 0 aromatic carbocycles. The third-order valence-corrected chi connectivity index (χ3v) is 2.76. The maximum Gasteiger partial charge on any atom is 0.276 e. The average molecular weight is 199 g/mol. The van der Waals surface area contributed by atoms with Crippen molar-refractivity contribution in [1.82, 2.24) is 15.5 Å². The van der Waals surface area contributed by atoms with E-state index in [9.17, 15) is 0 Å². The summed E-state index contributed by atoms with van der Waals surface area (Å²) in [6, 6.07) is 0. The van der Waals surface area contributed by atoms with Crippen LogP contribution in [0.25, 0.3) is 0 Å². The summed E-state index contributed by atoms with van der Waals surface area (Å²) < 4.78 is 5.47. The van der Waals surface area contributed by atoms with Crippen LogP contribution in [0.2, 0.25) is 0 Å². The maximum absolute atomic E-state index is 5.47. The lowest BCUT2D eigenvalue weighted by molar-refractivity contribution is 0.344. The molecule has 5 heteroatoms. The summed E-state index contributed by atoms with van der Waals surface area (Å²) in [4.78, 5) is 0. The van der Waals surface area contributed by atoms with Crippen LogP contribution in [-0.4, -0.2) is 29.5 Å². The molecule has 1 aromatic rings. The molecular weight excluding hydrogens is 186 g/mol. The molecule has 0 saturated carbocycles. The third kappa shape index (κ3) is 2.03.